The fraction of sp³-hybridized carbons (Fsp3) is 0.125. The topological polar surface area (TPSA) is 81.5 Å². The number of nitro benzene ring substituents is 1. The smallest absolute Gasteiger partial charge is 0.270 e. The van der Waals surface area contributed by atoms with Crippen LogP contribution in [0.5, 0.6) is 5.75 Å². The summed E-state index contributed by atoms with van der Waals surface area (Å²) < 4.78 is 5.72. The number of benzene rings is 3. The van der Waals surface area contributed by atoms with Gasteiger partial charge in [0.05, 0.1) is 11.5 Å². The number of non-ortho nitro benzene ring substituents is 1. The van der Waals surface area contributed by atoms with Gasteiger partial charge in [-0.15, -0.1) is 0 Å². The van der Waals surface area contributed by atoms with E-state index in [2.05, 4.69) is 5.32 Å². The van der Waals surface area contributed by atoms with E-state index in [1.54, 1.807) is 18.2 Å². The third-order valence-electron chi connectivity index (χ3n) is 4.46. The van der Waals surface area contributed by atoms with Gasteiger partial charge in [-0.05, 0) is 35.8 Å². The molecule has 0 heterocycles. The molecule has 0 aromatic heterocycles. The molecule has 0 aliphatic carbocycles. The lowest BCUT2D eigenvalue weighted by atomic mass is 10.0. The summed E-state index contributed by atoms with van der Waals surface area (Å²) in [7, 11) is 0. The molecular formula is C24H22N2O4. The second kappa shape index (κ2) is 10.0. The van der Waals surface area contributed by atoms with Crippen molar-refractivity contribution in [3.8, 4) is 5.75 Å². The zero-order valence-electron chi connectivity index (χ0n) is 16.6. The molecule has 0 aliphatic rings. The second-order valence-corrected chi connectivity index (χ2v) is 6.65. The monoisotopic (exact) mass is 402 g/mol. The number of rotatable bonds is 8. The molecule has 0 saturated heterocycles. The number of carbonyl (C=O) groups excluding carboxylic acids is 1. The highest BCUT2D eigenvalue weighted by atomic mass is 16.6. The van der Waals surface area contributed by atoms with Crippen molar-refractivity contribution in [2.24, 2.45) is 0 Å². The van der Waals surface area contributed by atoms with Crippen molar-refractivity contribution in [1.29, 1.82) is 0 Å². The third-order valence-corrected chi connectivity index (χ3v) is 4.46. The van der Waals surface area contributed by atoms with Crippen LogP contribution in [0.3, 0.4) is 0 Å². The summed E-state index contributed by atoms with van der Waals surface area (Å²) in [4.78, 5) is 23.5. The van der Waals surface area contributed by atoms with E-state index in [4.69, 9.17) is 4.74 Å². The predicted molar refractivity (Wildman–Crippen MR) is 117 cm³/mol. The molecule has 3 aromatic rings. The summed E-state index contributed by atoms with van der Waals surface area (Å²) in [6.07, 6.45) is 1.65. The molecule has 0 fully saturated rings. The number of hydrogen-bond acceptors (Lipinski definition) is 4. The van der Waals surface area contributed by atoms with Crippen LogP contribution >= 0.6 is 0 Å². The van der Waals surface area contributed by atoms with Gasteiger partial charge in [0.2, 0.25) is 0 Å². The minimum absolute atomic E-state index is 0.0248. The van der Waals surface area contributed by atoms with Crippen molar-refractivity contribution in [3.63, 3.8) is 0 Å². The van der Waals surface area contributed by atoms with E-state index < -0.39 is 4.92 Å². The van der Waals surface area contributed by atoms with Gasteiger partial charge in [-0.25, -0.2) is 0 Å². The number of para-hydroxylation sites is 1. The Morgan fingerprint density at radius 3 is 2.50 bits per heavy atom. The zero-order chi connectivity index (χ0) is 21.3. The largest absolute Gasteiger partial charge is 0.491 e. The molecule has 0 spiro atoms. The molecular weight excluding hydrogens is 380 g/mol. The molecule has 0 atom stereocenters. The highest BCUT2D eigenvalue weighted by Gasteiger charge is 2.13. The second-order valence-electron chi connectivity index (χ2n) is 6.65. The Bertz CT molecular complexity index is 1060. The summed E-state index contributed by atoms with van der Waals surface area (Å²) >= 11 is 0. The van der Waals surface area contributed by atoms with Gasteiger partial charge in [-0.2, -0.15) is 0 Å². The van der Waals surface area contributed by atoms with Gasteiger partial charge in [0.15, 0.2) is 0 Å². The van der Waals surface area contributed by atoms with Gasteiger partial charge in [-0.3, -0.25) is 14.9 Å². The summed E-state index contributed by atoms with van der Waals surface area (Å²) in [5.41, 5.74) is 2.73. The van der Waals surface area contributed by atoms with Crippen molar-refractivity contribution >= 4 is 23.2 Å². The van der Waals surface area contributed by atoms with E-state index in [-0.39, 0.29) is 11.6 Å². The van der Waals surface area contributed by atoms with Crippen molar-refractivity contribution in [3.05, 3.63) is 106 Å². The normalized spacial score (nSPS) is 11.0. The number of carbonyl (C=O) groups is 1. The van der Waals surface area contributed by atoms with Gasteiger partial charge in [0.25, 0.3) is 11.6 Å². The summed E-state index contributed by atoms with van der Waals surface area (Å²) in [5, 5.41) is 13.9. The quantitative estimate of drug-likeness (QED) is 0.196. The standard InChI is InChI=1S/C24H22N2O4/c1-18-8-5-6-13-23(18)30-15-14-25-24(27)22(20-10-3-2-4-11-20)17-19-9-7-12-21(16-19)26(28)29/h2-13,16-17H,14-15H2,1H3,(H,25,27)/b22-17+. The molecule has 1 N–H and O–H groups in total. The molecule has 0 unspecified atom stereocenters. The van der Waals surface area contributed by atoms with Gasteiger partial charge >= 0.3 is 0 Å². The minimum atomic E-state index is -0.456. The maximum absolute atomic E-state index is 12.9. The average Bonchev–Trinajstić information content (AvgIpc) is 2.77. The predicted octanol–water partition coefficient (Wildman–Crippen LogP) is 4.64. The molecule has 3 rings (SSSR count). The third kappa shape index (κ3) is 5.54. The fourth-order valence-electron chi connectivity index (χ4n) is 2.93. The van der Waals surface area contributed by atoms with Crippen LogP contribution in [-0.4, -0.2) is 24.0 Å². The molecule has 0 bridgehead atoms. The van der Waals surface area contributed by atoms with E-state index >= 15 is 0 Å². The number of hydrogen-bond donors (Lipinski definition) is 1. The van der Waals surface area contributed by atoms with Crippen LogP contribution in [0.1, 0.15) is 16.7 Å². The Kier molecular flexibility index (Phi) is 6.95. The first kappa shape index (κ1) is 20.8. The van der Waals surface area contributed by atoms with E-state index in [0.717, 1.165) is 16.9 Å². The SMILES string of the molecule is Cc1ccccc1OCCNC(=O)/C(=C/c1cccc([N+](=O)[O-])c1)c1ccccc1. The number of aryl methyl sites for hydroxylation is 1. The first-order valence-electron chi connectivity index (χ1n) is 9.53. The van der Waals surface area contributed by atoms with E-state index in [0.29, 0.717) is 24.3 Å². The Labute approximate surface area is 175 Å². The molecule has 152 valence electrons. The van der Waals surface area contributed by atoms with Crippen LogP contribution in [0.4, 0.5) is 5.69 Å². The minimum Gasteiger partial charge on any atom is -0.491 e. The van der Waals surface area contributed by atoms with Crippen LogP contribution in [0.15, 0.2) is 78.9 Å². The Balaban J connectivity index is 1.74. The van der Waals surface area contributed by atoms with E-state index in [1.165, 1.54) is 12.1 Å². The van der Waals surface area contributed by atoms with Crippen molar-refractivity contribution in [2.45, 2.75) is 6.92 Å². The number of nitrogens with one attached hydrogen (secondary N) is 1. The van der Waals surface area contributed by atoms with Gasteiger partial charge in [-0.1, -0.05) is 60.7 Å². The number of amides is 1. The van der Waals surface area contributed by atoms with Crippen molar-refractivity contribution in [2.75, 3.05) is 13.2 Å². The first-order chi connectivity index (χ1) is 14.5. The number of ether oxygens (including phenoxy) is 1. The molecule has 6 nitrogen and oxygen atoms in total. The lowest BCUT2D eigenvalue weighted by molar-refractivity contribution is -0.384. The first-order valence-corrected chi connectivity index (χ1v) is 9.53. The molecule has 6 heteroatoms. The Morgan fingerprint density at radius 1 is 1.03 bits per heavy atom. The Morgan fingerprint density at radius 2 is 1.77 bits per heavy atom. The van der Waals surface area contributed by atoms with Crippen LogP contribution in [0, 0.1) is 17.0 Å². The number of nitrogens with zero attached hydrogens (tertiary/aromatic N) is 1. The highest BCUT2D eigenvalue weighted by Crippen LogP contribution is 2.21. The molecule has 0 saturated carbocycles. The zero-order valence-corrected chi connectivity index (χ0v) is 16.6. The summed E-state index contributed by atoms with van der Waals surface area (Å²) in [6.45, 7) is 2.62. The van der Waals surface area contributed by atoms with Crippen molar-refractivity contribution < 1.29 is 14.5 Å². The highest BCUT2D eigenvalue weighted by molar-refractivity contribution is 6.24. The lowest BCUT2D eigenvalue weighted by Crippen LogP contribution is -2.28. The maximum atomic E-state index is 12.9. The fourth-order valence-corrected chi connectivity index (χ4v) is 2.93. The molecule has 1 amide bonds. The number of nitro groups is 1. The molecule has 30 heavy (non-hydrogen) atoms. The Hall–Kier alpha value is -3.93. The van der Waals surface area contributed by atoms with Crippen LogP contribution in [0.25, 0.3) is 11.6 Å². The van der Waals surface area contributed by atoms with Gasteiger partial charge < -0.3 is 10.1 Å². The van der Waals surface area contributed by atoms with Crippen LogP contribution < -0.4 is 10.1 Å². The van der Waals surface area contributed by atoms with Crippen molar-refractivity contribution in [1.82, 2.24) is 5.32 Å². The van der Waals surface area contributed by atoms with Crippen LogP contribution in [-0.2, 0) is 4.79 Å². The van der Waals surface area contributed by atoms with Gasteiger partial charge in [0, 0.05) is 17.7 Å². The molecule has 0 radical (unpaired) electrons. The summed E-state index contributed by atoms with van der Waals surface area (Å²) in [5.74, 6) is 0.503. The van der Waals surface area contributed by atoms with Gasteiger partial charge in [0.1, 0.15) is 12.4 Å². The van der Waals surface area contributed by atoms with Crippen LogP contribution in [0.2, 0.25) is 0 Å². The lowest BCUT2D eigenvalue weighted by Gasteiger charge is -2.12. The molecule has 3 aromatic carbocycles. The van der Waals surface area contributed by atoms with E-state index in [9.17, 15) is 14.9 Å². The maximum Gasteiger partial charge on any atom is 0.270 e. The molecule has 0 aliphatic heterocycles. The van der Waals surface area contributed by atoms with E-state index in [1.807, 2.05) is 61.5 Å². The average molecular weight is 402 g/mol. The summed E-state index contributed by atoms with van der Waals surface area (Å²) in [6, 6.07) is 23.1.